The number of hydrogen-bond acceptors (Lipinski definition) is 4. The molecule has 0 aliphatic carbocycles. The summed E-state index contributed by atoms with van der Waals surface area (Å²) in [6.45, 7) is 9.54. The number of thiophene rings is 1. The van der Waals surface area contributed by atoms with E-state index in [2.05, 4.69) is 29.8 Å². The van der Waals surface area contributed by atoms with Crippen molar-refractivity contribution in [2.75, 3.05) is 13.1 Å². The van der Waals surface area contributed by atoms with E-state index in [1.165, 1.54) is 11.3 Å². The van der Waals surface area contributed by atoms with Gasteiger partial charge >= 0.3 is 6.09 Å². The number of nitrogens with one attached hydrogen (secondary N) is 1. The van der Waals surface area contributed by atoms with Crippen LogP contribution in [0.1, 0.15) is 57.9 Å². The molecule has 1 aliphatic rings. The molecular formula is C17H28N2O2S. The van der Waals surface area contributed by atoms with Crippen molar-refractivity contribution in [2.45, 2.75) is 64.6 Å². The van der Waals surface area contributed by atoms with Crippen molar-refractivity contribution in [3.63, 3.8) is 0 Å². The van der Waals surface area contributed by atoms with Crippen LogP contribution in [0.2, 0.25) is 0 Å². The van der Waals surface area contributed by atoms with Gasteiger partial charge in [-0.05, 0) is 58.4 Å². The minimum atomic E-state index is -0.434. The topological polar surface area (TPSA) is 41.6 Å². The zero-order valence-electron chi connectivity index (χ0n) is 14.1. The molecule has 2 atom stereocenters. The van der Waals surface area contributed by atoms with Gasteiger partial charge < -0.3 is 15.0 Å². The summed E-state index contributed by atoms with van der Waals surface area (Å²) >= 11 is 1.76. The molecule has 4 nitrogen and oxygen atoms in total. The Hall–Kier alpha value is -1.07. The maximum absolute atomic E-state index is 12.4. The molecule has 0 spiro atoms. The second-order valence-electron chi connectivity index (χ2n) is 6.97. The van der Waals surface area contributed by atoms with Crippen LogP contribution in [0, 0.1) is 0 Å². The molecule has 1 saturated heterocycles. The Morgan fingerprint density at radius 2 is 2.27 bits per heavy atom. The fraction of sp³-hybridized carbons (Fsp3) is 0.706. The summed E-state index contributed by atoms with van der Waals surface area (Å²) in [5.74, 6) is 0. The molecule has 1 aromatic heterocycles. The van der Waals surface area contributed by atoms with Crippen LogP contribution in [0.15, 0.2) is 17.5 Å². The average Bonchev–Trinajstić information content (AvgIpc) is 2.97. The molecule has 1 N–H and O–H groups in total. The Bertz CT molecular complexity index is 468. The highest BCUT2D eigenvalue weighted by Gasteiger charge is 2.30. The molecule has 124 valence electrons. The third kappa shape index (κ3) is 4.99. The van der Waals surface area contributed by atoms with Crippen molar-refractivity contribution in [1.29, 1.82) is 0 Å². The van der Waals surface area contributed by atoms with Gasteiger partial charge in [0, 0.05) is 30.1 Å². The predicted octanol–water partition coefficient (Wildman–Crippen LogP) is 4.19. The molecule has 5 heteroatoms. The van der Waals surface area contributed by atoms with E-state index < -0.39 is 5.60 Å². The van der Waals surface area contributed by atoms with E-state index >= 15 is 0 Å². The van der Waals surface area contributed by atoms with Crippen molar-refractivity contribution in [3.8, 4) is 0 Å². The maximum Gasteiger partial charge on any atom is 0.410 e. The summed E-state index contributed by atoms with van der Waals surface area (Å²) in [7, 11) is 0. The zero-order chi connectivity index (χ0) is 16.2. The Morgan fingerprint density at radius 1 is 1.50 bits per heavy atom. The Balaban J connectivity index is 1.90. The fourth-order valence-corrected chi connectivity index (χ4v) is 3.48. The number of amides is 1. The highest BCUT2D eigenvalue weighted by atomic mass is 32.1. The number of likely N-dealkylation sites (tertiary alicyclic amines) is 1. The number of ether oxygens (including phenoxy) is 1. The van der Waals surface area contributed by atoms with Gasteiger partial charge in [0.25, 0.3) is 0 Å². The first-order valence-corrected chi connectivity index (χ1v) is 9.01. The third-order valence-corrected chi connectivity index (χ3v) is 4.94. The molecule has 1 aliphatic heterocycles. The van der Waals surface area contributed by atoms with E-state index in [-0.39, 0.29) is 12.1 Å². The molecular weight excluding hydrogens is 296 g/mol. The SMILES string of the molecule is C[C@H](NC[C@@H]1CCCCN1C(=O)OC(C)(C)C)c1cccs1. The molecule has 0 aromatic carbocycles. The summed E-state index contributed by atoms with van der Waals surface area (Å²) in [4.78, 5) is 15.6. The molecule has 1 fully saturated rings. The van der Waals surface area contributed by atoms with E-state index in [1.807, 2.05) is 25.7 Å². The first kappa shape index (κ1) is 17.3. The Labute approximate surface area is 137 Å². The Kier molecular flexibility index (Phi) is 5.87. The summed E-state index contributed by atoms with van der Waals surface area (Å²) in [5, 5.41) is 5.66. The molecule has 1 amide bonds. The first-order valence-electron chi connectivity index (χ1n) is 8.13. The summed E-state index contributed by atoms with van der Waals surface area (Å²) < 4.78 is 5.55. The van der Waals surface area contributed by atoms with Crippen molar-refractivity contribution in [2.24, 2.45) is 0 Å². The Morgan fingerprint density at radius 3 is 2.91 bits per heavy atom. The lowest BCUT2D eigenvalue weighted by Gasteiger charge is -2.37. The highest BCUT2D eigenvalue weighted by molar-refractivity contribution is 7.10. The largest absolute Gasteiger partial charge is 0.444 e. The highest BCUT2D eigenvalue weighted by Crippen LogP contribution is 2.22. The minimum Gasteiger partial charge on any atom is -0.444 e. The van der Waals surface area contributed by atoms with E-state index in [1.54, 1.807) is 11.3 Å². The van der Waals surface area contributed by atoms with Gasteiger partial charge in [0.15, 0.2) is 0 Å². The van der Waals surface area contributed by atoms with E-state index in [0.717, 1.165) is 25.9 Å². The molecule has 0 saturated carbocycles. The minimum absolute atomic E-state index is 0.178. The lowest BCUT2D eigenvalue weighted by Crippen LogP contribution is -2.50. The van der Waals surface area contributed by atoms with Crippen LogP contribution in [-0.2, 0) is 4.74 Å². The van der Waals surface area contributed by atoms with Gasteiger partial charge in [0.2, 0.25) is 0 Å². The summed E-state index contributed by atoms with van der Waals surface area (Å²) in [6, 6.07) is 4.77. The molecule has 0 unspecified atom stereocenters. The lowest BCUT2D eigenvalue weighted by molar-refractivity contribution is 0.00971. The van der Waals surface area contributed by atoms with Gasteiger partial charge in [-0.25, -0.2) is 4.79 Å². The zero-order valence-corrected chi connectivity index (χ0v) is 14.9. The van der Waals surface area contributed by atoms with Crippen molar-refractivity contribution < 1.29 is 9.53 Å². The van der Waals surface area contributed by atoms with Crippen LogP contribution in [0.3, 0.4) is 0 Å². The van der Waals surface area contributed by atoms with Crippen molar-refractivity contribution in [3.05, 3.63) is 22.4 Å². The van der Waals surface area contributed by atoms with Gasteiger partial charge in [-0.3, -0.25) is 0 Å². The quantitative estimate of drug-likeness (QED) is 0.903. The van der Waals surface area contributed by atoms with Crippen LogP contribution in [0.5, 0.6) is 0 Å². The van der Waals surface area contributed by atoms with Crippen molar-refractivity contribution >= 4 is 17.4 Å². The molecule has 1 aromatic rings. The number of nitrogens with zero attached hydrogens (tertiary/aromatic N) is 1. The number of piperidine rings is 1. The molecule has 22 heavy (non-hydrogen) atoms. The number of carbonyl (C=O) groups is 1. The van der Waals surface area contributed by atoms with Crippen LogP contribution in [0.4, 0.5) is 4.79 Å². The summed E-state index contributed by atoms with van der Waals surface area (Å²) in [5.41, 5.74) is -0.434. The summed E-state index contributed by atoms with van der Waals surface area (Å²) in [6.07, 6.45) is 3.11. The van der Waals surface area contributed by atoms with Crippen molar-refractivity contribution in [1.82, 2.24) is 10.2 Å². The van der Waals surface area contributed by atoms with Crippen LogP contribution >= 0.6 is 11.3 Å². The third-order valence-electron chi connectivity index (χ3n) is 3.88. The normalized spacial score (nSPS) is 20.7. The average molecular weight is 324 g/mol. The second-order valence-corrected chi connectivity index (χ2v) is 7.95. The van der Waals surface area contributed by atoms with E-state index in [4.69, 9.17) is 4.74 Å². The van der Waals surface area contributed by atoms with Gasteiger partial charge in [-0.1, -0.05) is 6.07 Å². The van der Waals surface area contributed by atoms with Crippen LogP contribution in [-0.4, -0.2) is 35.7 Å². The standard InChI is InChI=1S/C17H28N2O2S/c1-13(15-9-7-11-22-15)18-12-14-8-5-6-10-19(14)16(20)21-17(2,3)4/h7,9,11,13-14,18H,5-6,8,10,12H2,1-4H3/t13-,14-/m0/s1. The van der Waals surface area contributed by atoms with Gasteiger partial charge in [0.1, 0.15) is 5.60 Å². The van der Waals surface area contributed by atoms with Gasteiger partial charge in [-0.2, -0.15) is 0 Å². The van der Waals surface area contributed by atoms with E-state index in [0.29, 0.717) is 6.04 Å². The molecule has 2 heterocycles. The van der Waals surface area contributed by atoms with Gasteiger partial charge in [-0.15, -0.1) is 11.3 Å². The van der Waals surface area contributed by atoms with Crippen LogP contribution in [0.25, 0.3) is 0 Å². The lowest BCUT2D eigenvalue weighted by atomic mass is 10.0. The molecule has 0 bridgehead atoms. The number of carbonyl (C=O) groups excluding carboxylic acids is 1. The second kappa shape index (κ2) is 7.47. The molecule has 2 rings (SSSR count). The fourth-order valence-electron chi connectivity index (χ4n) is 2.72. The van der Waals surface area contributed by atoms with Crippen LogP contribution < -0.4 is 5.32 Å². The monoisotopic (exact) mass is 324 g/mol. The first-order chi connectivity index (χ1) is 10.4. The smallest absolute Gasteiger partial charge is 0.410 e. The molecule has 0 radical (unpaired) electrons. The number of hydrogen-bond donors (Lipinski definition) is 1. The van der Waals surface area contributed by atoms with Gasteiger partial charge in [0.05, 0.1) is 0 Å². The maximum atomic E-state index is 12.4. The number of rotatable bonds is 4. The van der Waals surface area contributed by atoms with E-state index in [9.17, 15) is 4.79 Å². The predicted molar refractivity (Wildman–Crippen MR) is 91.3 cm³/mol.